The number of amides is 1. The lowest BCUT2D eigenvalue weighted by atomic mass is 10.1. The normalized spacial score (nSPS) is 10.7. The predicted molar refractivity (Wildman–Crippen MR) is 126 cm³/mol. The summed E-state index contributed by atoms with van der Waals surface area (Å²) in [6, 6.07) is 15.3. The molecule has 2 aromatic carbocycles. The molecule has 0 saturated heterocycles. The van der Waals surface area contributed by atoms with Crippen molar-refractivity contribution < 1.29 is 4.79 Å². The van der Waals surface area contributed by atoms with Gasteiger partial charge in [-0.3, -0.25) is 9.79 Å². The lowest BCUT2D eigenvalue weighted by Crippen LogP contribution is -2.38. The number of carbonyl (C=O) groups excluding carboxylic acids is 1. The number of nitrogens with zero attached hydrogens (tertiary/aromatic N) is 1. The number of carbonyl (C=O) groups is 1. The van der Waals surface area contributed by atoms with Crippen molar-refractivity contribution in [2.24, 2.45) is 4.99 Å². The average Bonchev–Trinajstić information content (AvgIpc) is 2.68. The quantitative estimate of drug-likeness (QED) is 0.172. The van der Waals surface area contributed by atoms with E-state index >= 15 is 0 Å². The van der Waals surface area contributed by atoms with Gasteiger partial charge in [-0.05, 0) is 42.0 Å². The van der Waals surface area contributed by atoms with Crippen molar-refractivity contribution in [2.75, 3.05) is 26.4 Å². The molecule has 0 spiro atoms. The predicted octanol–water partition coefficient (Wildman–Crippen LogP) is 3.77. The van der Waals surface area contributed by atoms with Gasteiger partial charge >= 0.3 is 0 Å². The molecule has 2 rings (SSSR count). The van der Waals surface area contributed by atoms with E-state index in [0.29, 0.717) is 12.1 Å². The van der Waals surface area contributed by atoms with E-state index in [-0.39, 0.29) is 29.9 Å². The van der Waals surface area contributed by atoms with E-state index in [4.69, 9.17) is 11.6 Å². The summed E-state index contributed by atoms with van der Waals surface area (Å²) in [5, 5.41) is 9.92. The van der Waals surface area contributed by atoms with E-state index in [1.165, 1.54) is 4.90 Å². The molecule has 0 heterocycles. The van der Waals surface area contributed by atoms with Crippen LogP contribution in [0.5, 0.6) is 0 Å². The Bertz CT molecular complexity index is 756. The van der Waals surface area contributed by atoms with Crippen molar-refractivity contribution in [2.45, 2.75) is 11.4 Å². The Balaban J connectivity index is 0.00000364. The molecule has 0 radical (unpaired) electrons. The zero-order chi connectivity index (χ0) is 18.8. The molecule has 0 aliphatic carbocycles. The number of hydrogen-bond donors (Lipinski definition) is 3. The van der Waals surface area contributed by atoms with Gasteiger partial charge in [0.25, 0.3) is 5.91 Å². The van der Waals surface area contributed by atoms with Crippen molar-refractivity contribution in [3.8, 4) is 0 Å². The highest BCUT2D eigenvalue weighted by molar-refractivity contribution is 14.0. The van der Waals surface area contributed by atoms with E-state index in [2.05, 4.69) is 20.9 Å². The standard InChI is InChI=1S/C19H23ClN4OS.HI/c1-21-18(25)15-5-3-4-14(12-15)13-24-19(22-2)23-10-11-26-17-8-6-16(20)7-9-17;/h3-9,12H,10-11,13H2,1-2H3,(H,21,25)(H2,22,23,24);1H. The summed E-state index contributed by atoms with van der Waals surface area (Å²) < 4.78 is 0. The third kappa shape index (κ3) is 8.40. The Kier molecular flexibility index (Phi) is 11.2. The van der Waals surface area contributed by atoms with Crippen LogP contribution in [0.4, 0.5) is 0 Å². The van der Waals surface area contributed by atoms with Crippen LogP contribution in [0.25, 0.3) is 0 Å². The van der Waals surface area contributed by atoms with Gasteiger partial charge < -0.3 is 16.0 Å². The Hall–Kier alpha value is -1.45. The van der Waals surface area contributed by atoms with Gasteiger partial charge in [-0.2, -0.15) is 0 Å². The molecule has 0 saturated carbocycles. The molecule has 0 unspecified atom stereocenters. The van der Waals surface area contributed by atoms with Crippen LogP contribution in [0, 0.1) is 0 Å². The molecule has 1 amide bonds. The first-order chi connectivity index (χ1) is 12.6. The van der Waals surface area contributed by atoms with Crippen LogP contribution in [0.2, 0.25) is 5.02 Å². The maximum absolute atomic E-state index is 11.7. The number of guanidine groups is 1. The van der Waals surface area contributed by atoms with E-state index in [9.17, 15) is 4.79 Å². The van der Waals surface area contributed by atoms with Gasteiger partial charge in [0.1, 0.15) is 0 Å². The monoisotopic (exact) mass is 518 g/mol. The van der Waals surface area contributed by atoms with Gasteiger partial charge in [0.15, 0.2) is 5.96 Å². The topological polar surface area (TPSA) is 65.5 Å². The van der Waals surface area contributed by atoms with Gasteiger partial charge in [-0.25, -0.2) is 0 Å². The fraction of sp³-hybridized carbons (Fsp3) is 0.263. The molecule has 2 aromatic rings. The molecule has 0 atom stereocenters. The van der Waals surface area contributed by atoms with Crippen LogP contribution in [0.15, 0.2) is 58.4 Å². The summed E-state index contributed by atoms with van der Waals surface area (Å²) in [4.78, 5) is 17.1. The number of benzene rings is 2. The molecule has 3 N–H and O–H groups in total. The third-order valence-electron chi connectivity index (χ3n) is 3.58. The number of hydrogen-bond acceptors (Lipinski definition) is 3. The molecule has 146 valence electrons. The number of aliphatic imine (C=N–C) groups is 1. The first-order valence-electron chi connectivity index (χ1n) is 8.26. The van der Waals surface area contributed by atoms with Crippen LogP contribution in [0.3, 0.4) is 0 Å². The molecule has 0 fully saturated rings. The summed E-state index contributed by atoms with van der Waals surface area (Å²) in [5.41, 5.74) is 1.67. The first kappa shape index (κ1) is 23.6. The van der Waals surface area contributed by atoms with Crippen LogP contribution in [-0.2, 0) is 6.54 Å². The molecule has 8 heteroatoms. The van der Waals surface area contributed by atoms with Crippen LogP contribution < -0.4 is 16.0 Å². The highest BCUT2D eigenvalue weighted by atomic mass is 127. The minimum absolute atomic E-state index is 0. The minimum atomic E-state index is -0.0893. The number of rotatable bonds is 7. The Morgan fingerprint density at radius 2 is 1.89 bits per heavy atom. The van der Waals surface area contributed by atoms with Crippen molar-refractivity contribution >= 4 is 59.2 Å². The van der Waals surface area contributed by atoms with E-state index in [0.717, 1.165) is 28.8 Å². The Morgan fingerprint density at radius 3 is 2.56 bits per heavy atom. The molecule has 27 heavy (non-hydrogen) atoms. The highest BCUT2D eigenvalue weighted by Gasteiger charge is 2.04. The molecule has 0 aliphatic rings. The Morgan fingerprint density at radius 1 is 1.15 bits per heavy atom. The zero-order valence-corrected chi connectivity index (χ0v) is 19.2. The van der Waals surface area contributed by atoms with E-state index in [1.54, 1.807) is 31.9 Å². The lowest BCUT2D eigenvalue weighted by molar-refractivity contribution is 0.0963. The summed E-state index contributed by atoms with van der Waals surface area (Å²) >= 11 is 7.64. The molecule has 0 aliphatic heterocycles. The fourth-order valence-corrected chi connectivity index (χ4v) is 3.14. The van der Waals surface area contributed by atoms with Crippen LogP contribution >= 0.6 is 47.3 Å². The van der Waals surface area contributed by atoms with Crippen LogP contribution in [0.1, 0.15) is 15.9 Å². The van der Waals surface area contributed by atoms with Gasteiger partial charge in [0.2, 0.25) is 0 Å². The number of nitrogens with one attached hydrogen (secondary N) is 3. The largest absolute Gasteiger partial charge is 0.356 e. The summed E-state index contributed by atoms with van der Waals surface area (Å²) in [6.07, 6.45) is 0. The molecule has 0 bridgehead atoms. The number of halogens is 2. The van der Waals surface area contributed by atoms with E-state index in [1.807, 2.05) is 42.5 Å². The maximum Gasteiger partial charge on any atom is 0.251 e. The maximum atomic E-state index is 11.7. The van der Waals surface area contributed by atoms with Gasteiger partial charge in [-0.1, -0.05) is 23.7 Å². The van der Waals surface area contributed by atoms with Crippen molar-refractivity contribution in [1.82, 2.24) is 16.0 Å². The molecule has 0 aromatic heterocycles. The fourth-order valence-electron chi connectivity index (χ4n) is 2.24. The second-order valence-corrected chi connectivity index (χ2v) is 7.04. The van der Waals surface area contributed by atoms with Crippen molar-refractivity contribution in [3.05, 3.63) is 64.7 Å². The van der Waals surface area contributed by atoms with E-state index < -0.39 is 0 Å². The molecule has 5 nitrogen and oxygen atoms in total. The summed E-state index contributed by atoms with van der Waals surface area (Å²) in [5.74, 6) is 1.55. The second kappa shape index (κ2) is 12.9. The summed E-state index contributed by atoms with van der Waals surface area (Å²) in [7, 11) is 3.36. The zero-order valence-electron chi connectivity index (χ0n) is 15.3. The van der Waals surface area contributed by atoms with Gasteiger partial charge in [0.05, 0.1) is 0 Å². The number of thioether (sulfide) groups is 1. The van der Waals surface area contributed by atoms with Gasteiger partial charge in [-0.15, -0.1) is 35.7 Å². The smallest absolute Gasteiger partial charge is 0.251 e. The highest BCUT2D eigenvalue weighted by Crippen LogP contribution is 2.19. The van der Waals surface area contributed by atoms with Crippen molar-refractivity contribution in [3.63, 3.8) is 0 Å². The second-order valence-electron chi connectivity index (χ2n) is 5.43. The third-order valence-corrected chi connectivity index (χ3v) is 4.84. The first-order valence-corrected chi connectivity index (χ1v) is 9.62. The minimum Gasteiger partial charge on any atom is -0.356 e. The average molecular weight is 519 g/mol. The van der Waals surface area contributed by atoms with Crippen LogP contribution in [-0.4, -0.2) is 38.3 Å². The lowest BCUT2D eigenvalue weighted by Gasteiger charge is -2.12. The van der Waals surface area contributed by atoms with Crippen molar-refractivity contribution in [1.29, 1.82) is 0 Å². The molecular formula is C19H24ClIN4OS. The molecular weight excluding hydrogens is 495 g/mol. The SMILES string of the molecule is CN=C(NCCSc1ccc(Cl)cc1)NCc1cccc(C(=O)NC)c1.I. The summed E-state index contributed by atoms with van der Waals surface area (Å²) in [6.45, 7) is 1.38. The van der Waals surface area contributed by atoms with Gasteiger partial charge in [0, 0.05) is 48.4 Å². The Labute approximate surface area is 186 Å².